The molecule has 152 valence electrons. The Balaban J connectivity index is 1.88. The molecule has 2 N–H and O–H groups in total. The van der Waals surface area contributed by atoms with E-state index in [0.29, 0.717) is 19.2 Å². The summed E-state index contributed by atoms with van der Waals surface area (Å²) in [6.07, 6.45) is 0.717. The number of aryl methyl sites for hydroxylation is 1. The monoisotopic (exact) mass is 377 g/mol. The van der Waals surface area contributed by atoms with Crippen LogP contribution in [0.25, 0.3) is 0 Å². The smallest absolute Gasteiger partial charge is 0.409 e. The van der Waals surface area contributed by atoms with Crippen LogP contribution in [0, 0.1) is 5.41 Å². The van der Waals surface area contributed by atoms with Crippen LogP contribution in [0.2, 0.25) is 0 Å². The lowest BCUT2D eigenvalue weighted by atomic mass is 9.99. The Bertz CT molecular complexity index is 601. The van der Waals surface area contributed by atoms with Gasteiger partial charge in [-0.2, -0.15) is 0 Å². The molecule has 0 saturated carbocycles. The van der Waals surface area contributed by atoms with Crippen molar-refractivity contribution in [3.8, 4) is 0 Å². The van der Waals surface area contributed by atoms with Gasteiger partial charge in [0.15, 0.2) is 0 Å². The van der Waals surface area contributed by atoms with E-state index in [2.05, 4.69) is 62.2 Å². The second-order valence-electron chi connectivity index (χ2n) is 8.62. The zero-order valence-electron chi connectivity index (χ0n) is 17.2. The van der Waals surface area contributed by atoms with Crippen molar-refractivity contribution in [1.29, 1.82) is 0 Å². The fraction of sp³-hybridized carbons (Fsp3) is 0.667. The molecule has 0 aliphatic carbocycles. The lowest BCUT2D eigenvalue weighted by Gasteiger charge is -2.35. The molecule has 1 aliphatic heterocycles. The first-order chi connectivity index (χ1) is 12.8. The van der Waals surface area contributed by atoms with Crippen molar-refractivity contribution in [3.63, 3.8) is 0 Å². The van der Waals surface area contributed by atoms with E-state index in [1.807, 2.05) is 0 Å². The topological polar surface area (TPSA) is 65.0 Å². The normalized spacial score (nSPS) is 17.8. The Labute approximate surface area is 163 Å². The molecular weight excluding hydrogens is 342 g/mol. The summed E-state index contributed by atoms with van der Waals surface area (Å²) in [5, 5.41) is 12.9. The third-order valence-corrected chi connectivity index (χ3v) is 4.63. The van der Waals surface area contributed by atoms with Gasteiger partial charge in [-0.05, 0) is 36.8 Å². The first-order valence-electron chi connectivity index (χ1n) is 9.88. The zero-order valence-corrected chi connectivity index (χ0v) is 17.2. The summed E-state index contributed by atoms with van der Waals surface area (Å²) in [4.78, 5) is 15.3. The van der Waals surface area contributed by atoms with E-state index in [9.17, 15) is 9.90 Å². The molecule has 6 heteroatoms. The zero-order chi connectivity index (χ0) is 19.9. The highest BCUT2D eigenvalue weighted by Crippen LogP contribution is 2.23. The molecule has 6 nitrogen and oxygen atoms in total. The van der Waals surface area contributed by atoms with Crippen LogP contribution >= 0.6 is 0 Å². The van der Waals surface area contributed by atoms with E-state index in [-0.39, 0.29) is 12.1 Å². The van der Waals surface area contributed by atoms with Crippen LogP contribution in [0.1, 0.15) is 39.7 Å². The Morgan fingerprint density at radius 3 is 2.78 bits per heavy atom. The lowest BCUT2D eigenvalue weighted by molar-refractivity contribution is 0.000725. The van der Waals surface area contributed by atoms with Crippen LogP contribution in [0.5, 0.6) is 0 Å². The van der Waals surface area contributed by atoms with Gasteiger partial charge in [-0.1, -0.05) is 39.0 Å². The number of hydrogen-bond acceptors (Lipinski definition) is 4. The van der Waals surface area contributed by atoms with E-state index in [4.69, 9.17) is 4.74 Å². The van der Waals surface area contributed by atoms with Crippen molar-refractivity contribution >= 4 is 11.8 Å². The van der Waals surface area contributed by atoms with E-state index in [1.165, 1.54) is 16.2 Å². The molecular formula is C21H35N3O3. The van der Waals surface area contributed by atoms with Gasteiger partial charge in [0, 0.05) is 37.9 Å². The standard InChI is InChI=1S/C21H35N3O3/c1-17-14-23(13-11-22-17)19-10-6-5-8-18(19)9-7-12-24(20(25)26)16-27-15-21(2,3)4/h5-6,8,10,17,22H,7,9,11-16H2,1-4H3,(H,25,26)/t17-/m1/s1. The molecule has 0 radical (unpaired) electrons. The molecule has 1 aromatic rings. The maximum Gasteiger partial charge on any atom is 0.409 e. The fourth-order valence-electron chi connectivity index (χ4n) is 3.32. The first-order valence-corrected chi connectivity index (χ1v) is 9.88. The number of anilines is 1. The molecule has 1 atom stereocenters. The van der Waals surface area contributed by atoms with Gasteiger partial charge in [-0.25, -0.2) is 4.79 Å². The number of amides is 1. The second-order valence-corrected chi connectivity index (χ2v) is 8.62. The van der Waals surface area contributed by atoms with Gasteiger partial charge in [0.2, 0.25) is 0 Å². The van der Waals surface area contributed by atoms with E-state index in [1.54, 1.807) is 0 Å². The quantitative estimate of drug-likeness (QED) is 0.680. The van der Waals surface area contributed by atoms with Gasteiger partial charge in [0.1, 0.15) is 6.73 Å². The summed E-state index contributed by atoms with van der Waals surface area (Å²) in [5.41, 5.74) is 2.59. The minimum atomic E-state index is -0.923. The SMILES string of the molecule is C[C@@H]1CN(c2ccccc2CCCN(COCC(C)(C)C)C(=O)O)CCN1. The van der Waals surface area contributed by atoms with Gasteiger partial charge in [0.05, 0.1) is 6.61 Å². The summed E-state index contributed by atoms with van der Waals surface area (Å²) in [5.74, 6) is 0. The molecule has 1 aromatic carbocycles. The Morgan fingerprint density at radius 2 is 2.11 bits per heavy atom. The molecule has 1 saturated heterocycles. The average molecular weight is 378 g/mol. The highest BCUT2D eigenvalue weighted by atomic mass is 16.5. The predicted molar refractivity (Wildman–Crippen MR) is 109 cm³/mol. The van der Waals surface area contributed by atoms with E-state index < -0.39 is 6.09 Å². The number of benzene rings is 1. The number of carbonyl (C=O) groups is 1. The number of nitrogens with zero attached hydrogens (tertiary/aromatic N) is 2. The number of hydrogen-bond donors (Lipinski definition) is 2. The number of para-hydroxylation sites is 1. The van der Waals surface area contributed by atoms with Crippen molar-refractivity contribution in [2.75, 3.05) is 44.4 Å². The third kappa shape index (κ3) is 7.39. The van der Waals surface area contributed by atoms with Crippen LogP contribution in [-0.4, -0.2) is 61.7 Å². The number of rotatable bonds is 8. The fourth-order valence-corrected chi connectivity index (χ4v) is 3.32. The number of ether oxygens (including phenoxy) is 1. The molecule has 1 amide bonds. The summed E-state index contributed by atoms with van der Waals surface area (Å²) in [7, 11) is 0. The third-order valence-electron chi connectivity index (χ3n) is 4.63. The van der Waals surface area contributed by atoms with Crippen LogP contribution in [0.15, 0.2) is 24.3 Å². The Kier molecular flexibility index (Phi) is 7.92. The summed E-state index contributed by atoms with van der Waals surface area (Å²) >= 11 is 0. The molecule has 1 fully saturated rings. The highest BCUT2D eigenvalue weighted by molar-refractivity contribution is 5.64. The lowest BCUT2D eigenvalue weighted by Crippen LogP contribution is -2.49. The first kappa shape index (κ1) is 21.5. The van der Waals surface area contributed by atoms with Crippen LogP contribution in [-0.2, 0) is 11.2 Å². The molecule has 27 heavy (non-hydrogen) atoms. The van der Waals surface area contributed by atoms with Crippen molar-refractivity contribution < 1.29 is 14.6 Å². The van der Waals surface area contributed by atoms with Crippen LogP contribution in [0.4, 0.5) is 10.5 Å². The Hall–Kier alpha value is -1.79. The van der Waals surface area contributed by atoms with Crippen LogP contribution < -0.4 is 10.2 Å². The van der Waals surface area contributed by atoms with E-state index >= 15 is 0 Å². The Morgan fingerprint density at radius 1 is 1.37 bits per heavy atom. The maximum absolute atomic E-state index is 11.5. The maximum atomic E-state index is 11.5. The molecule has 2 rings (SSSR count). The minimum absolute atomic E-state index is 0.0313. The number of carboxylic acid groups (broad SMARTS) is 1. The minimum Gasteiger partial charge on any atom is -0.465 e. The van der Waals surface area contributed by atoms with Gasteiger partial charge in [-0.15, -0.1) is 0 Å². The summed E-state index contributed by atoms with van der Waals surface area (Å²) in [6, 6.07) is 8.95. The number of nitrogens with one attached hydrogen (secondary N) is 1. The molecule has 0 spiro atoms. The van der Waals surface area contributed by atoms with Crippen molar-refractivity contribution in [1.82, 2.24) is 10.2 Å². The molecule has 0 bridgehead atoms. The molecule has 1 aliphatic rings. The average Bonchev–Trinajstić information content (AvgIpc) is 2.59. The predicted octanol–water partition coefficient (Wildman–Crippen LogP) is 3.42. The van der Waals surface area contributed by atoms with Gasteiger partial charge < -0.3 is 20.1 Å². The summed E-state index contributed by atoms with van der Waals surface area (Å²) in [6.45, 7) is 12.6. The van der Waals surface area contributed by atoms with Gasteiger partial charge >= 0.3 is 6.09 Å². The largest absolute Gasteiger partial charge is 0.465 e. The number of piperazine rings is 1. The van der Waals surface area contributed by atoms with Crippen molar-refractivity contribution in [2.45, 2.75) is 46.6 Å². The van der Waals surface area contributed by atoms with Crippen LogP contribution in [0.3, 0.4) is 0 Å². The van der Waals surface area contributed by atoms with E-state index in [0.717, 1.165) is 32.5 Å². The van der Waals surface area contributed by atoms with Gasteiger partial charge in [0.25, 0.3) is 0 Å². The van der Waals surface area contributed by atoms with Crippen molar-refractivity contribution in [2.24, 2.45) is 5.41 Å². The van der Waals surface area contributed by atoms with Crippen molar-refractivity contribution in [3.05, 3.63) is 29.8 Å². The van der Waals surface area contributed by atoms with Gasteiger partial charge in [-0.3, -0.25) is 4.90 Å². The summed E-state index contributed by atoms with van der Waals surface area (Å²) < 4.78 is 5.58. The molecule has 0 aromatic heterocycles. The second kappa shape index (κ2) is 9.95. The molecule has 0 unspecified atom stereocenters. The highest BCUT2D eigenvalue weighted by Gasteiger charge is 2.19. The molecule has 1 heterocycles.